The standard InChI is InChI=1S/C7H8O.2BrH.Os/c1-8-7-5-3-2-4-6-7;;;/h2-6H,1H3;2*1H;. The number of rotatable bonds is 1. The van der Waals surface area contributed by atoms with Gasteiger partial charge < -0.3 is 4.74 Å². The van der Waals surface area contributed by atoms with E-state index >= 15 is 0 Å². The van der Waals surface area contributed by atoms with Crippen molar-refractivity contribution in [2.45, 2.75) is 0 Å². The van der Waals surface area contributed by atoms with Crippen LogP contribution in [0.3, 0.4) is 0 Å². The van der Waals surface area contributed by atoms with Gasteiger partial charge in [-0.25, -0.2) is 0 Å². The van der Waals surface area contributed by atoms with Crippen LogP contribution in [0.4, 0.5) is 0 Å². The van der Waals surface area contributed by atoms with E-state index in [2.05, 4.69) is 0 Å². The molecule has 1 rings (SSSR count). The molecular weight excluding hydrogens is 450 g/mol. The smallest absolute Gasteiger partial charge is 0.118 e. The first kappa shape index (κ1) is 17.6. The van der Waals surface area contributed by atoms with Crippen molar-refractivity contribution in [2.24, 2.45) is 0 Å². The maximum absolute atomic E-state index is 4.91. The number of hydrogen-bond donors (Lipinski definition) is 0. The Labute approximate surface area is 101 Å². The fraction of sp³-hybridized carbons (Fsp3) is 0.143. The van der Waals surface area contributed by atoms with Gasteiger partial charge in [0.2, 0.25) is 0 Å². The average molecular weight is 460 g/mol. The summed E-state index contributed by atoms with van der Waals surface area (Å²) < 4.78 is 4.91. The zero-order chi connectivity index (χ0) is 5.82. The Hall–Kier alpha value is 0.616. The fourth-order valence-corrected chi connectivity index (χ4v) is 0.557. The number of halogens is 2. The van der Waals surface area contributed by atoms with Crippen molar-refractivity contribution in [3.05, 3.63) is 30.3 Å². The van der Waals surface area contributed by atoms with Gasteiger partial charge in [0.1, 0.15) is 5.75 Å². The second kappa shape index (κ2) is 10.6. The quantitative estimate of drug-likeness (QED) is 0.627. The molecule has 0 fully saturated rings. The number of para-hydroxylation sites is 1. The summed E-state index contributed by atoms with van der Waals surface area (Å²) in [6.45, 7) is 0. The van der Waals surface area contributed by atoms with Gasteiger partial charge in [-0.05, 0) is 12.1 Å². The molecule has 4 heteroatoms. The second-order valence-corrected chi connectivity index (χ2v) is 1.52. The molecule has 0 amide bonds. The van der Waals surface area contributed by atoms with Gasteiger partial charge in [0.05, 0.1) is 7.11 Å². The summed E-state index contributed by atoms with van der Waals surface area (Å²) >= 11 is 0. The summed E-state index contributed by atoms with van der Waals surface area (Å²) in [6, 6.07) is 9.68. The molecule has 0 aliphatic heterocycles. The third kappa shape index (κ3) is 6.99. The Morgan fingerprint density at radius 1 is 1.00 bits per heavy atom. The Morgan fingerprint density at radius 2 is 1.45 bits per heavy atom. The fourth-order valence-electron chi connectivity index (χ4n) is 0.557. The summed E-state index contributed by atoms with van der Waals surface area (Å²) in [5, 5.41) is 0. The van der Waals surface area contributed by atoms with E-state index in [9.17, 15) is 0 Å². The van der Waals surface area contributed by atoms with Crippen LogP contribution < -0.4 is 4.74 Å². The minimum absolute atomic E-state index is 0. The molecule has 66 valence electrons. The predicted octanol–water partition coefficient (Wildman–Crippen LogP) is 2.85. The number of hydrogen-bond acceptors (Lipinski definition) is 1. The number of benzene rings is 1. The van der Waals surface area contributed by atoms with Gasteiger partial charge in [-0.1, -0.05) is 18.2 Å². The molecule has 0 aliphatic carbocycles. The van der Waals surface area contributed by atoms with Gasteiger partial charge in [-0.15, -0.1) is 34.0 Å². The summed E-state index contributed by atoms with van der Waals surface area (Å²) in [6.07, 6.45) is 0. The molecule has 11 heavy (non-hydrogen) atoms. The van der Waals surface area contributed by atoms with Crippen molar-refractivity contribution in [2.75, 3.05) is 7.11 Å². The van der Waals surface area contributed by atoms with Crippen LogP contribution in [0.2, 0.25) is 0 Å². The molecule has 0 N–H and O–H groups in total. The zero-order valence-corrected chi connectivity index (χ0v) is 11.9. The monoisotopic (exact) mass is 460 g/mol. The number of methoxy groups -OCH3 is 1. The van der Waals surface area contributed by atoms with E-state index < -0.39 is 0 Å². The molecule has 0 unspecified atom stereocenters. The minimum Gasteiger partial charge on any atom is -0.497 e. The van der Waals surface area contributed by atoms with Gasteiger partial charge in [0.15, 0.2) is 0 Å². The van der Waals surface area contributed by atoms with Crippen LogP contribution in [0.5, 0.6) is 5.75 Å². The van der Waals surface area contributed by atoms with Crippen molar-refractivity contribution in [1.29, 1.82) is 0 Å². The molecule has 0 bridgehead atoms. The van der Waals surface area contributed by atoms with Crippen LogP contribution in [0.15, 0.2) is 30.3 Å². The van der Waals surface area contributed by atoms with Crippen LogP contribution >= 0.6 is 34.0 Å². The Bertz CT molecular complexity index is 158. The summed E-state index contributed by atoms with van der Waals surface area (Å²) in [7, 11) is 1.66. The molecular formula is C7H10Br2OOs. The van der Waals surface area contributed by atoms with Gasteiger partial charge >= 0.3 is 0 Å². The maximum Gasteiger partial charge on any atom is 0.118 e. The zero-order valence-electron chi connectivity index (χ0n) is 5.97. The van der Waals surface area contributed by atoms with E-state index in [-0.39, 0.29) is 53.8 Å². The van der Waals surface area contributed by atoms with Gasteiger partial charge in [0.25, 0.3) is 0 Å². The molecule has 1 aromatic carbocycles. The molecule has 0 saturated carbocycles. The van der Waals surface area contributed by atoms with Crippen LogP contribution in [0.25, 0.3) is 0 Å². The topological polar surface area (TPSA) is 9.23 Å². The molecule has 0 heterocycles. The SMILES string of the molecule is Br.Br.COc1ccccc1.[Os]. The maximum atomic E-state index is 4.91. The largest absolute Gasteiger partial charge is 0.497 e. The molecule has 1 aromatic rings. The van der Waals surface area contributed by atoms with E-state index in [0.29, 0.717) is 0 Å². The van der Waals surface area contributed by atoms with E-state index in [1.54, 1.807) is 7.11 Å². The predicted molar refractivity (Wildman–Crippen MR) is 53.6 cm³/mol. The van der Waals surface area contributed by atoms with Gasteiger partial charge in [-0.3, -0.25) is 0 Å². The molecule has 0 aromatic heterocycles. The van der Waals surface area contributed by atoms with Crippen LogP contribution in [-0.4, -0.2) is 7.11 Å². The third-order valence-corrected chi connectivity index (χ3v) is 0.979. The van der Waals surface area contributed by atoms with Crippen LogP contribution in [0.1, 0.15) is 0 Å². The Balaban J connectivity index is -0.000000213. The van der Waals surface area contributed by atoms with Crippen molar-refractivity contribution < 1.29 is 24.5 Å². The van der Waals surface area contributed by atoms with Crippen molar-refractivity contribution in [1.82, 2.24) is 0 Å². The average Bonchev–Trinajstić information content (AvgIpc) is 1.90. The molecule has 0 saturated heterocycles. The van der Waals surface area contributed by atoms with E-state index in [1.807, 2.05) is 30.3 Å². The molecule has 0 radical (unpaired) electrons. The second-order valence-electron chi connectivity index (χ2n) is 1.52. The first-order valence-corrected chi connectivity index (χ1v) is 2.52. The van der Waals surface area contributed by atoms with E-state index in [1.165, 1.54) is 0 Å². The van der Waals surface area contributed by atoms with Crippen molar-refractivity contribution in [3.8, 4) is 5.75 Å². The van der Waals surface area contributed by atoms with Crippen LogP contribution in [0, 0.1) is 0 Å². The summed E-state index contributed by atoms with van der Waals surface area (Å²) in [5.41, 5.74) is 0. The third-order valence-electron chi connectivity index (χ3n) is 0.979. The van der Waals surface area contributed by atoms with E-state index in [4.69, 9.17) is 4.74 Å². The Morgan fingerprint density at radius 3 is 1.73 bits per heavy atom. The van der Waals surface area contributed by atoms with Gasteiger partial charge in [0, 0.05) is 19.8 Å². The molecule has 0 spiro atoms. The van der Waals surface area contributed by atoms with Gasteiger partial charge in [-0.2, -0.15) is 0 Å². The Kier molecular flexibility index (Phi) is 17.0. The molecule has 0 aliphatic rings. The minimum atomic E-state index is 0. The first-order valence-electron chi connectivity index (χ1n) is 2.52. The normalized spacial score (nSPS) is 6.27. The molecule has 0 atom stereocenters. The van der Waals surface area contributed by atoms with E-state index in [0.717, 1.165) is 5.75 Å². The summed E-state index contributed by atoms with van der Waals surface area (Å²) in [4.78, 5) is 0. The van der Waals surface area contributed by atoms with Crippen molar-refractivity contribution >= 4 is 34.0 Å². The van der Waals surface area contributed by atoms with Crippen LogP contribution in [-0.2, 0) is 19.8 Å². The molecule has 1 nitrogen and oxygen atoms in total. The first-order chi connectivity index (χ1) is 3.93. The number of ether oxygens (including phenoxy) is 1. The summed E-state index contributed by atoms with van der Waals surface area (Å²) in [5.74, 6) is 0.910. The van der Waals surface area contributed by atoms with Crippen molar-refractivity contribution in [3.63, 3.8) is 0 Å².